The zero-order valence-electron chi connectivity index (χ0n) is 18.1. The molecule has 176 valence electrons. The SMILES string of the molecule is CSc1nnc(NC(=O)Nc2ccc(Oc3ccc4[nH]c(N(C=O)c5ccco5)nc4c3)cc2)s1. The summed E-state index contributed by atoms with van der Waals surface area (Å²) in [6.45, 7) is 0. The molecule has 0 bridgehead atoms. The zero-order chi connectivity index (χ0) is 24.2. The van der Waals surface area contributed by atoms with Crippen LogP contribution in [0.3, 0.4) is 0 Å². The van der Waals surface area contributed by atoms with Crippen molar-refractivity contribution < 1.29 is 18.7 Å². The number of hydrogen-bond donors (Lipinski definition) is 3. The molecule has 2 aromatic carbocycles. The Balaban J connectivity index is 1.24. The van der Waals surface area contributed by atoms with Gasteiger partial charge in [-0.25, -0.2) is 14.7 Å². The molecular formula is C22H17N7O4S2. The lowest BCUT2D eigenvalue weighted by Crippen LogP contribution is -2.19. The Morgan fingerprint density at radius 3 is 2.69 bits per heavy atom. The van der Waals surface area contributed by atoms with Crippen LogP contribution in [0.4, 0.5) is 27.4 Å². The maximum absolute atomic E-state index is 12.2. The number of amides is 3. The van der Waals surface area contributed by atoms with Crippen LogP contribution in [0, 0.1) is 0 Å². The highest BCUT2D eigenvalue weighted by molar-refractivity contribution is 8.00. The Hall–Kier alpha value is -4.36. The second kappa shape index (κ2) is 9.87. The number of hydrogen-bond acceptors (Lipinski definition) is 9. The second-order valence-electron chi connectivity index (χ2n) is 6.95. The summed E-state index contributed by atoms with van der Waals surface area (Å²) in [5, 5.41) is 13.6. The van der Waals surface area contributed by atoms with Crippen LogP contribution in [0.1, 0.15) is 0 Å². The van der Waals surface area contributed by atoms with Gasteiger partial charge in [0.05, 0.1) is 17.3 Å². The quantitative estimate of drug-likeness (QED) is 0.143. The number of furan rings is 1. The molecule has 13 heteroatoms. The van der Waals surface area contributed by atoms with E-state index in [-0.39, 0.29) is 0 Å². The van der Waals surface area contributed by atoms with Crippen molar-refractivity contribution in [2.45, 2.75) is 4.34 Å². The fraction of sp³-hybridized carbons (Fsp3) is 0.0455. The molecule has 0 saturated carbocycles. The van der Waals surface area contributed by atoms with Crippen molar-refractivity contribution in [2.75, 3.05) is 21.8 Å². The first-order valence-electron chi connectivity index (χ1n) is 10.1. The number of imidazole rings is 1. The molecule has 3 heterocycles. The van der Waals surface area contributed by atoms with Crippen LogP contribution in [0.15, 0.2) is 69.6 Å². The highest BCUT2D eigenvalue weighted by Crippen LogP contribution is 2.29. The molecule has 0 spiro atoms. The predicted molar refractivity (Wildman–Crippen MR) is 134 cm³/mol. The van der Waals surface area contributed by atoms with E-state index in [1.54, 1.807) is 48.5 Å². The number of ether oxygens (including phenoxy) is 1. The summed E-state index contributed by atoms with van der Waals surface area (Å²) in [7, 11) is 0. The normalized spacial score (nSPS) is 10.8. The van der Waals surface area contributed by atoms with Gasteiger partial charge >= 0.3 is 6.03 Å². The minimum absolute atomic E-state index is 0.328. The number of benzene rings is 2. The summed E-state index contributed by atoms with van der Waals surface area (Å²) in [5.41, 5.74) is 1.94. The molecule has 0 aliphatic rings. The fourth-order valence-electron chi connectivity index (χ4n) is 3.11. The van der Waals surface area contributed by atoms with Crippen molar-refractivity contribution >= 4 is 69.2 Å². The van der Waals surface area contributed by atoms with Crippen LogP contribution in [0.25, 0.3) is 11.0 Å². The second-order valence-corrected chi connectivity index (χ2v) is 8.98. The van der Waals surface area contributed by atoms with E-state index in [1.807, 2.05) is 12.3 Å². The van der Waals surface area contributed by atoms with Crippen LogP contribution < -0.4 is 20.3 Å². The molecule has 11 nitrogen and oxygen atoms in total. The molecule has 35 heavy (non-hydrogen) atoms. The minimum atomic E-state index is -0.416. The number of carbonyl (C=O) groups excluding carboxylic acids is 2. The molecule has 5 rings (SSSR count). The Kier molecular flexibility index (Phi) is 6.32. The summed E-state index contributed by atoms with van der Waals surface area (Å²) < 4.78 is 12.0. The van der Waals surface area contributed by atoms with E-state index in [9.17, 15) is 9.59 Å². The van der Waals surface area contributed by atoms with Gasteiger partial charge in [0.15, 0.2) is 4.34 Å². The zero-order valence-corrected chi connectivity index (χ0v) is 19.7. The molecule has 0 atom stereocenters. The van der Waals surface area contributed by atoms with Crippen LogP contribution >= 0.6 is 23.1 Å². The number of aromatic amines is 1. The number of H-pyrrole nitrogens is 1. The number of aromatic nitrogens is 4. The summed E-state index contributed by atoms with van der Waals surface area (Å²) >= 11 is 2.76. The number of nitrogens with one attached hydrogen (secondary N) is 3. The van der Waals surface area contributed by atoms with Gasteiger partial charge in [0.1, 0.15) is 11.5 Å². The highest BCUT2D eigenvalue weighted by atomic mass is 32.2. The van der Waals surface area contributed by atoms with Crippen LogP contribution in [0.5, 0.6) is 11.5 Å². The number of carbonyl (C=O) groups is 2. The van der Waals surface area contributed by atoms with Gasteiger partial charge in [-0.3, -0.25) is 10.1 Å². The first-order chi connectivity index (χ1) is 17.1. The van der Waals surface area contributed by atoms with Gasteiger partial charge in [0, 0.05) is 17.8 Å². The van der Waals surface area contributed by atoms with E-state index >= 15 is 0 Å². The van der Waals surface area contributed by atoms with Crippen molar-refractivity contribution in [3.05, 3.63) is 60.9 Å². The van der Waals surface area contributed by atoms with E-state index in [1.165, 1.54) is 34.3 Å². The lowest BCUT2D eigenvalue weighted by Gasteiger charge is -2.09. The van der Waals surface area contributed by atoms with E-state index in [2.05, 4.69) is 30.8 Å². The van der Waals surface area contributed by atoms with E-state index in [0.717, 1.165) is 9.86 Å². The predicted octanol–water partition coefficient (Wildman–Crippen LogP) is 5.46. The van der Waals surface area contributed by atoms with Crippen molar-refractivity contribution in [1.29, 1.82) is 0 Å². The lowest BCUT2D eigenvalue weighted by atomic mass is 10.3. The minimum Gasteiger partial charge on any atom is -0.457 e. The third-order valence-electron chi connectivity index (χ3n) is 4.67. The largest absolute Gasteiger partial charge is 0.457 e. The lowest BCUT2D eigenvalue weighted by molar-refractivity contribution is -0.107. The van der Waals surface area contributed by atoms with E-state index in [4.69, 9.17) is 9.15 Å². The summed E-state index contributed by atoms with van der Waals surface area (Å²) in [6.07, 6.45) is 3.99. The molecule has 0 fully saturated rings. The number of anilines is 4. The van der Waals surface area contributed by atoms with E-state index in [0.29, 0.717) is 46.1 Å². The fourth-order valence-corrected chi connectivity index (χ4v) is 4.27. The van der Waals surface area contributed by atoms with Crippen molar-refractivity contribution in [3.8, 4) is 11.5 Å². The number of fused-ring (bicyclic) bond motifs is 1. The number of rotatable bonds is 8. The Morgan fingerprint density at radius 1 is 1.14 bits per heavy atom. The van der Waals surface area contributed by atoms with Crippen LogP contribution in [-0.4, -0.2) is 38.9 Å². The van der Waals surface area contributed by atoms with Gasteiger partial charge in [-0.05, 0) is 48.7 Å². The Labute approximate surface area is 206 Å². The maximum Gasteiger partial charge on any atom is 0.325 e. The molecule has 0 saturated heterocycles. The standard InChI is InChI=1S/C22H17N7O4S2/c1-34-22-28-27-21(35-22)26-20(31)23-13-4-6-14(7-5-13)33-15-8-9-16-17(11-15)25-19(24-16)29(12-30)18-3-2-10-32-18/h2-12H,1H3,(H,24,25)(H2,23,26,27,31). The third-order valence-corrected chi connectivity index (χ3v) is 6.48. The number of thioether (sulfide) groups is 1. The molecule has 0 aliphatic heterocycles. The maximum atomic E-state index is 12.2. The van der Waals surface area contributed by atoms with Gasteiger partial charge in [-0.1, -0.05) is 23.1 Å². The third kappa shape index (κ3) is 5.10. The van der Waals surface area contributed by atoms with E-state index < -0.39 is 6.03 Å². The molecule has 3 N–H and O–H groups in total. The molecule has 3 amide bonds. The average molecular weight is 508 g/mol. The molecular weight excluding hydrogens is 490 g/mol. The summed E-state index contributed by atoms with van der Waals surface area (Å²) in [6, 6.07) is 15.2. The monoisotopic (exact) mass is 507 g/mol. The van der Waals surface area contributed by atoms with Gasteiger partial charge in [-0.2, -0.15) is 0 Å². The van der Waals surface area contributed by atoms with Crippen LogP contribution in [-0.2, 0) is 4.79 Å². The van der Waals surface area contributed by atoms with Crippen molar-refractivity contribution in [2.24, 2.45) is 0 Å². The number of nitrogens with zero attached hydrogens (tertiary/aromatic N) is 4. The molecule has 0 unspecified atom stereocenters. The smallest absolute Gasteiger partial charge is 0.325 e. The summed E-state index contributed by atoms with van der Waals surface area (Å²) in [5.74, 6) is 1.82. The first kappa shape index (κ1) is 22.4. The van der Waals surface area contributed by atoms with Gasteiger partial charge < -0.3 is 19.5 Å². The van der Waals surface area contributed by atoms with Crippen molar-refractivity contribution in [3.63, 3.8) is 0 Å². The Bertz CT molecular complexity index is 1470. The van der Waals surface area contributed by atoms with Gasteiger partial charge in [-0.15, -0.1) is 10.2 Å². The van der Waals surface area contributed by atoms with Crippen LogP contribution in [0.2, 0.25) is 0 Å². The summed E-state index contributed by atoms with van der Waals surface area (Å²) in [4.78, 5) is 32.5. The molecule has 5 aromatic rings. The Morgan fingerprint density at radius 2 is 1.97 bits per heavy atom. The van der Waals surface area contributed by atoms with Gasteiger partial charge in [0.2, 0.25) is 23.4 Å². The highest BCUT2D eigenvalue weighted by Gasteiger charge is 2.16. The molecule has 3 aromatic heterocycles. The first-order valence-corrected chi connectivity index (χ1v) is 12.2. The average Bonchev–Trinajstić information content (AvgIpc) is 3.62. The topological polar surface area (TPSA) is 138 Å². The van der Waals surface area contributed by atoms with Gasteiger partial charge in [0.25, 0.3) is 0 Å². The molecule has 0 radical (unpaired) electrons. The van der Waals surface area contributed by atoms with Crippen molar-refractivity contribution in [1.82, 2.24) is 20.2 Å². The number of urea groups is 1. The molecule has 0 aliphatic carbocycles.